The minimum Gasteiger partial charge on any atom is -0.497 e. The lowest BCUT2D eigenvalue weighted by molar-refractivity contribution is -0.127. The van der Waals surface area contributed by atoms with E-state index in [4.69, 9.17) is 21.1 Å². The summed E-state index contributed by atoms with van der Waals surface area (Å²) in [5.74, 6) is 1.06. The molecule has 1 aromatic heterocycles. The van der Waals surface area contributed by atoms with Gasteiger partial charge in [0.25, 0.3) is 5.91 Å². The van der Waals surface area contributed by atoms with Crippen LogP contribution < -0.4 is 14.8 Å². The maximum atomic E-state index is 12.3. The van der Waals surface area contributed by atoms with Gasteiger partial charge in [-0.1, -0.05) is 23.7 Å². The van der Waals surface area contributed by atoms with Crippen LogP contribution in [0.5, 0.6) is 11.5 Å². The summed E-state index contributed by atoms with van der Waals surface area (Å²) in [6.07, 6.45) is -0.662. The molecule has 7 heteroatoms. The molecule has 1 atom stereocenters. The molecule has 0 spiro atoms. The summed E-state index contributed by atoms with van der Waals surface area (Å²) < 4.78 is 10.8. The molecule has 2 aromatic carbocycles. The van der Waals surface area contributed by atoms with Crippen LogP contribution in [0, 0.1) is 0 Å². The zero-order chi connectivity index (χ0) is 19.2. The van der Waals surface area contributed by atoms with E-state index in [1.54, 1.807) is 26.2 Å². The molecule has 0 bridgehead atoms. The molecule has 3 aromatic rings. The summed E-state index contributed by atoms with van der Waals surface area (Å²) in [6, 6.07) is 14.8. The summed E-state index contributed by atoms with van der Waals surface area (Å²) in [7, 11) is 1.63. The Morgan fingerprint density at radius 2 is 1.96 bits per heavy atom. The van der Waals surface area contributed by atoms with E-state index in [0.29, 0.717) is 17.3 Å². The number of hydrogen-bond acceptors (Lipinski definition) is 5. The molecule has 1 amide bonds. The minimum atomic E-state index is -0.662. The number of carbonyl (C=O) groups excluding carboxylic acids is 1. The van der Waals surface area contributed by atoms with Crippen LogP contribution in [0.25, 0.3) is 10.6 Å². The largest absolute Gasteiger partial charge is 0.497 e. The van der Waals surface area contributed by atoms with Crippen LogP contribution in [0.1, 0.15) is 12.6 Å². The molecule has 0 unspecified atom stereocenters. The second-order valence-electron chi connectivity index (χ2n) is 5.78. The number of carbonyl (C=O) groups is 1. The van der Waals surface area contributed by atoms with Crippen LogP contribution in [-0.2, 0) is 11.3 Å². The van der Waals surface area contributed by atoms with Crippen molar-refractivity contribution < 1.29 is 14.3 Å². The van der Waals surface area contributed by atoms with Gasteiger partial charge in [0.2, 0.25) is 0 Å². The van der Waals surface area contributed by atoms with Gasteiger partial charge >= 0.3 is 0 Å². The first-order valence-electron chi connectivity index (χ1n) is 8.34. The first-order chi connectivity index (χ1) is 13.1. The number of para-hydroxylation sites is 1. The SMILES string of the molecule is COc1ccc(-c2nc(CNC(=O)[C@H](C)Oc3ccccc3Cl)cs2)cc1. The Morgan fingerprint density at radius 3 is 2.67 bits per heavy atom. The first-order valence-corrected chi connectivity index (χ1v) is 9.60. The van der Waals surface area contributed by atoms with Gasteiger partial charge in [-0.3, -0.25) is 4.79 Å². The van der Waals surface area contributed by atoms with E-state index in [2.05, 4.69) is 10.3 Å². The van der Waals surface area contributed by atoms with Crippen molar-refractivity contribution in [2.24, 2.45) is 0 Å². The van der Waals surface area contributed by atoms with Crippen LogP contribution in [0.3, 0.4) is 0 Å². The highest BCUT2D eigenvalue weighted by Crippen LogP contribution is 2.26. The number of thiazole rings is 1. The molecule has 0 aliphatic heterocycles. The van der Waals surface area contributed by atoms with Crippen molar-refractivity contribution in [3.05, 3.63) is 64.6 Å². The smallest absolute Gasteiger partial charge is 0.261 e. The average Bonchev–Trinajstić information content (AvgIpc) is 3.17. The van der Waals surface area contributed by atoms with Crippen LogP contribution in [0.15, 0.2) is 53.9 Å². The maximum absolute atomic E-state index is 12.3. The second kappa shape index (κ2) is 8.88. The molecule has 0 aliphatic rings. The molecular weight excluding hydrogens is 384 g/mol. The predicted molar refractivity (Wildman–Crippen MR) is 107 cm³/mol. The van der Waals surface area contributed by atoms with Crippen molar-refractivity contribution in [2.45, 2.75) is 19.6 Å². The Balaban J connectivity index is 1.56. The molecule has 3 rings (SSSR count). The summed E-state index contributed by atoms with van der Waals surface area (Å²) >= 11 is 7.58. The van der Waals surface area contributed by atoms with Crippen LogP contribution >= 0.6 is 22.9 Å². The number of rotatable bonds is 7. The van der Waals surface area contributed by atoms with Crippen LogP contribution in [0.4, 0.5) is 0 Å². The number of nitrogens with zero attached hydrogens (tertiary/aromatic N) is 1. The number of methoxy groups -OCH3 is 1. The predicted octanol–water partition coefficient (Wildman–Crippen LogP) is 4.56. The third-order valence-corrected chi connectivity index (χ3v) is 5.09. The van der Waals surface area contributed by atoms with Crippen molar-refractivity contribution >= 4 is 28.8 Å². The van der Waals surface area contributed by atoms with E-state index in [-0.39, 0.29) is 5.91 Å². The zero-order valence-electron chi connectivity index (χ0n) is 14.9. The van der Waals surface area contributed by atoms with E-state index in [1.165, 1.54) is 11.3 Å². The Labute approximate surface area is 166 Å². The molecule has 1 heterocycles. The first kappa shape index (κ1) is 19.2. The van der Waals surface area contributed by atoms with Gasteiger partial charge in [-0.15, -0.1) is 11.3 Å². The fourth-order valence-corrected chi connectivity index (χ4v) is 3.37. The molecule has 27 heavy (non-hydrogen) atoms. The quantitative estimate of drug-likeness (QED) is 0.629. The van der Waals surface area contributed by atoms with Gasteiger partial charge < -0.3 is 14.8 Å². The van der Waals surface area contributed by atoms with E-state index >= 15 is 0 Å². The van der Waals surface area contributed by atoms with Crippen molar-refractivity contribution in [3.8, 4) is 22.1 Å². The number of benzene rings is 2. The highest BCUT2D eigenvalue weighted by Gasteiger charge is 2.16. The molecule has 0 saturated carbocycles. The van der Waals surface area contributed by atoms with Crippen molar-refractivity contribution in [3.63, 3.8) is 0 Å². The highest BCUT2D eigenvalue weighted by molar-refractivity contribution is 7.13. The van der Waals surface area contributed by atoms with Crippen molar-refractivity contribution in [1.29, 1.82) is 0 Å². The molecule has 0 radical (unpaired) electrons. The normalized spacial score (nSPS) is 11.7. The van der Waals surface area contributed by atoms with Crippen molar-refractivity contribution in [1.82, 2.24) is 10.3 Å². The average molecular weight is 403 g/mol. The summed E-state index contributed by atoms with van der Waals surface area (Å²) in [5, 5.41) is 6.13. The number of aromatic nitrogens is 1. The Bertz CT molecular complexity index is 912. The van der Waals surface area contributed by atoms with Gasteiger partial charge in [0.15, 0.2) is 6.10 Å². The topological polar surface area (TPSA) is 60.5 Å². The molecule has 0 saturated heterocycles. The van der Waals surface area contributed by atoms with E-state index in [9.17, 15) is 4.79 Å². The van der Waals surface area contributed by atoms with Crippen molar-refractivity contribution in [2.75, 3.05) is 7.11 Å². The number of hydrogen-bond donors (Lipinski definition) is 1. The molecule has 0 fully saturated rings. The molecule has 140 valence electrons. The maximum Gasteiger partial charge on any atom is 0.261 e. The summed E-state index contributed by atoms with van der Waals surface area (Å²) in [5.41, 5.74) is 1.80. The molecule has 1 N–H and O–H groups in total. The van der Waals surface area contributed by atoms with Gasteiger partial charge in [0.05, 0.1) is 24.4 Å². The zero-order valence-corrected chi connectivity index (χ0v) is 16.5. The lowest BCUT2D eigenvalue weighted by Gasteiger charge is -2.15. The molecule has 5 nitrogen and oxygen atoms in total. The van der Waals surface area contributed by atoms with Gasteiger partial charge in [-0.25, -0.2) is 4.98 Å². The third-order valence-electron chi connectivity index (χ3n) is 3.84. The lowest BCUT2D eigenvalue weighted by Crippen LogP contribution is -2.36. The monoisotopic (exact) mass is 402 g/mol. The fraction of sp³-hybridized carbons (Fsp3) is 0.200. The minimum absolute atomic E-state index is 0.228. The van der Waals surface area contributed by atoms with Gasteiger partial charge in [0, 0.05) is 10.9 Å². The van der Waals surface area contributed by atoms with E-state index < -0.39 is 6.10 Å². The standard InChI is InChI=1S/C20H19ClN2O3S/c1-13(26-18-6-4-3-5-17(18)21)19(24)22-11-15-12-27-20(23-15)14-7-9-16(25-2)10-8-14/h3-10,12-13H,11H2,1-2H3,(H,22,24)/t13-/m0/s1. The number of amides is 1. The lowest BCUT2D eigenvalue weighted by atomic mass is 10.2. The summed E-state index contributed by atoms with van der Waals surface area (Å²) in [6.45, 7) is 2.02. The Morgan fingerprint density at radius 1 is 1.22 bits per heavy atom. The van der Waals surface area contributed by atoms with Gasteiger partial charge in [0.1, 0.15) is 16.5 Å². The fourth-order valence-electron chi connectivity index (χ4n) is 2.36. The molecule has 0 aliphatic carbocycles. The number of ether oxygens (including phenoxy) is 2. The second-order valence-corrected chi connectivity index (χ2v) is 7.05. The number of nitrogens with one attached hydrogen (secondary N) is 1. The number of halogens is 1. The van der Waals surface area contributed by atoms with Gasteiger partial charge in [-0.2, -0.15) is 0 Å². The van der Waals surface area contributed by atoms with Gasteiger partial charge in [-0.05, 0) is 43.3 Å². The highest BCUT2D eigenvalue weighted by atomic mass is 35.5. The van der Waals surface area contributed by atoms with E-state index in [0.717, 1.165) is 22.0 Å². The summed E-state index contributed by atoms with van der Waals surface area (Å²) in [4.78, 5) is 16.8. The molecular formula is C20H19ClN2O3S. The Hall–Kier alpha value is -2.57. The van der Waals surface area contributed by atoms with E-state index in [1.807, 2.05) is 41.8 Å². The van der Waals surface area contributed by atoms with Crippen LogP contribution in [-0.4, -0.2) is 24.1 Å². The Kier molecular flexibility index (Phi) is 6.32. The van der Waals surface area contributed by atoms with Crippen LogP contribution in [0.2, 0.25) is 5.02 Å². The third kappa shape index (κ3) is 4.99.